The molecule has 0 radical (unpaired) electrons. The Morgan fingerprint density at radius 1 is 1.31 bits per heavy atom. The first kappa shape index (κ1) is 14.4. The third-order valence-corrected chi connectivity index (χ3v) is 1.71. The third-order valence-electron chi connectivity index (χ3n) is 1.71. The summed E-state index contributed by atoms with van der Waals surface area (Å²) in [7, 11) is 3.13. The van der Waals surface area contributed by atoms with E-state index in [0.717, 1.165) is 6.42 Å². The van der Waals surface area contributed by atoms with Crippen molar-refractivity contribution in [2.75, 3.05) is 20.8 Å². The number of allylic oxidation sites excluding steroid dienone is 2. The van der Waals surface area contributed by atoms with Crippen molar-refractivity contribution in [1.29, 1.82) is 0 Å². The van der Waals surface area contributed by atoms with Crippen molar-refractivity contribution in [3.05, 3.63) is 24.4 Å². The lowest BCUT2D eigenvalue weighted by Gasteiger charge is -2.04. The molecule has 0 N–H and O–H groups in total. The van der Waals surface area contributed by atoms with Gasteiger partial charge in [-0.05, 0) is 18.3 Å². The molecule has 0 aliphatic rings. The standard InChI is InChI=1S/C13H20O3/c1-12(2)8-10-16-11-13(15-4)7-5-6-9-14-3/h6,9,11-12H,8,10H2,1-4H3/b9-6+,13-11-. The van der Waals surface area contributed by atoms with Crippen LogP contribution in [0.1, 0.15) is 20.3 Å². The van der Waals surface area contributed by atoms with Crippen molar-refractivity contribution in [3.8, 4) is 11.8 Å². The van der Waals surface area contributed by atoms with Crippen molar-refractivity contribution in [2.24, 2.45) is 5.92 Å². The third kappa shape index (κ3) is 9.01. The van der Waals surface area contributed by atoms with Crippen LogP contribution in [0.2, 0.25) is 0 Å². The minimum Gasteiger partial charge on any atom is -0.504 e. The zero-order valence-corrected chi connectivity index (χ0v) is 10.4. The van der Waals surface area contributed by atoms with E-state index in [-0.39, 0.29) is 0 Å². The van der Waals surface area contributed by atoms with Crippen LogP contribution in [0.3, 0.4) is 0 Å². The summed E-state index contributed by atoms with van der Waals surface area (Å²) in [5, 5.41) is 0. The molecule has 0 amide bonds. The SMILES string of the molecule is CO/C=C/C#C/C(=C/OCCC(C)C)OC. The van der Waals surface area contributed by atoms with E-state index in [1.807, 2.05) is 0 Å². The number of rotatable bonds is 6. The van der Waals surface area contributed by atoms with Gasteiger partial charge in [-0.3, -0.25) is 0 Å². The lowest BCUT2D eigenvalue weighted by atomic mass is 10.1. The smallest absolute Gasteiger partial charge is 0.205 e. The maximum Gasteiger partial charge on any atom is 0.205 e. The minimum absolute atomic E-state index is 0.504. The van der Waals surface area contributed by atoms with Gasteiger partial charge in [-0.25, -0.2) is 0 Å². The molecule has 0 saturated heterocycles. The number of hydrogen-bond donors (Lipinski definition) is 0. The van der Waals surface area contributed by atoms with Crippen LogP contribution in [0, 0.1) is 17.8 Å². The lowest BCUT2D eigenvalue weighted by molar-refractivity contribution is 0.205. The van der Waals surface area contributed by atoms with E-state index in [1.165, 1.54) is 12.5 Å². The van der Waals surface area contributed by atoms with Gasteiger partial charge >= 0.3 is 0 Å². The van der Waals surface area contributed by atoms with E-state index in [1.54, 1.807) is 20.3 Å². The van der Waals surface area contributed by atoms with E-state index in [9.17, 15) is 0 Å². The fraction of sp³-hybridized carbons (Fsp3) is 0.538. The Balaban J connectivity index is 4.00. The van der Waals surface area contributed by atoms with Crippen LogP contribution < -0.4 is 0 Å². The molecule has 0 heterocycles. The highest BCUT2D eigenvalue weighted by Crippen LogP contribution is 2.00. The van der Waals surface area contributed by atoms with Crippen molar-refractivity contribution < 1.29 is 14.2 Å². The molecule has 0 rings (SSSR count). The largest absolute Gasteiger partial charge is 0.504 e. The molecular weight excluding hydrogens is 204 g/mol. The van der Waals surface area contributed by atoms with E-state index >= 15 is 0 Å². The van der Waals surface area contributed by atoms with Gasteiger partial charge in [0.1, 0.15) is 6.26 Å². The van der Waals surface area contributed by atoms with Gasteiger partial charge in [-0.1, -0.05) is 19.8 Å². The Morgan fingerprint density at radius 3 is 2.62 bits per heavy atom. The summed E-state index contributed by atoms with van der Waals surface area (Å²) in [6, 6.07) is 0. The van der Waals surface area contributed by atoms with Crippen molar-refractivity contribution >= 4 is 0 Å². The molecule has 3 heteroatoms. The average Bonchev–Trinajstić information content (AvgIpc) is 2.26. The summed E-state index contributed by atoms with van der Waals surface area (Å²) >= 11 is 0. The summed E-state index contributed by atoms with van der Waals surface area (Å²) < 4.78 is 15.0. The zero-order chi connectivity index (χ0) is 12.2. The normalized spacial score (nSPS) is 11.2. The summed E-state index contributed by atoms with van der Waals surface area (Å²) in [5.74, 6) is 6.69. The van der Waals surface area contributed by atoms with Gasteiger partial charge in [0.25, 0.3) is 0 Å². The second kappa shape index (κ2) is 9.97. The van der Waals surface area contributed by atoms with Crippen molar-refractivity contribution in [3.63, 3.8) is 0 Å². The Morgan fingerprint density at radius 2 is 2.06 bits per heavy atom. The number of ether oxygens (including phenoxy) is 3. The van der Waals surface area contributed by atoms with Gasteiger partial charge in [0.15, 0.2) is 0 Å². The molecule has 0 unspecified atom stereocenters. The quantitative estimate of drug-likeness (QED) is 0.394. The van der Waals surface area contributed by atoms with Crippen LogP contribution in [0.4, 0.5) is 0 Å². The minimum atomic E-state index is 0.504. The Bertz CT molecular complexity index is 279. The van der Waals surface area contributed by atoms with Gasteiger partial charge in [0.05, 0.1) is 27.1 Å². The Kier molecular flexibility index (Phi) is 9.00. The van der Waals surface area contributed by atoms with E-state index < -0.39 is 0 Å². The second-order valence-corrected chi connectivity index (χ2v) is 3.55. The highest BCUT2D eigenvalue weighted by molar-refractivity contribution is 5.27. The molecule has 0 aromatic rings. The van der Waals surface area contributed by atoms with Crippen LogP contribution >= 0.6 is 0 Å². The van der Waals surface area contributed by atoms with Gasteiger partial charge in [0.2, 0.25) is 5.76 Å². The summed E-state index contributed by atoms with van der Waals surface area (Å²) in [4.78, 5) is 0. The van der Waals surface area contributed by atoms with Crippen LogP contribution in [0.5, 0.6) is 0 Å². The summed E-state index contributed by atoms with van der Waals surface area (Å²) in [6.45, 7) is 4.99. The summed E-state index contributed by atoms with van der Waals surface area (Å²) in [6.07, 6.45) is 5.65. The molecule has 0 aliphatic heterocycles. The topological polar surface area (TPSA) is 27.7 Å². The molecule has 16 heavy (non-hydrogen) atoms. The average molecular weight is 224 g/mol. The predicted molar refractivity (Wildman–Crippen MR) is 64.4 cm³/mol. The lowest BCUT2D eigenvalue weighted by Crippen LogP contribution is -1.95. The first-order valence-corrected chi connectivity index (χ1v) is 5.25. The molecule has 3 nitrogen and oxygen atoms in total. The predicted octanol–water partition coefficient (Wildman–Crippen LogP) is 2.70. The highest BCUT2D eigenvalue weighted by Gasteiger charge is 1.93. The molecule has 0 aromatic carbocycles. The Labute approximate surface area is 98.1 Å². The number of hydrogen-bond acceptors (Lipinski definition) is 3. The Hall–Kier alpha value is -1.56. The first-order valence-electron chi connectivity index (χ1n) is 5.25. The monoisotopic (exact) mass is 224 g/mol. The fourth-order valence-corrected chi connectivity index (χ4v) is 0.782. The van der Waals surface area contributed by atoms with Crippen molar-refractivity contribution in [1.82, 2.24) is 0 Å². The van der Waals surface area contributed by atoms with Crippen molar-refractivity contribution in [2.45, 2.75) is 20.3 Å². The van der Waals surface area contributed by atoms with Gasteiger partial charge in [0, 0.05) is 6.08 Å². The molecule has 90 valence electrons. The molecular formula is C13H20O3. The summed E-state index contributed by atoms with van der Waals surface area (Å²) in [5.41, 5.74) is 0. The van der Waals surface area contributed by atoms with Gasteiger partial charge in [-0.2, -0.15) is 0 Å². The molecule has 0 atom stereocenters. The van der Waals surface area contributed by atoms with Crippen LogP contribution in [-0.4, -0.2) is 20.8 Å². The molecule has 0 spiro atoms. The molecule has 0 bridgehead atoms. The van der Waals surface area contributed by atoms with Crippen LogP contribution in [0.15, 0.2) is 24.4 Å². The van der Waals surface area contributed by atoms with E-state index in [4.69, 9.17) is 14.2 Å². The van der Waals surface area contributed by atoms with Gasteiger partial charge in [-0.15, -0.1) is 0 Å². The van der Waals surface area contributed by atoms with Gasteiger partial charge < -0.3 is 14.2 Å². The molecule has 0 aromatic heterocycles. The fourth-order valence-electron chi connectivity index (χ4n) is 0.782. The molecule has 0 saturated carbocycles. The first-order chi connectivity index (χ1) is 7.70. The zero-order valence-electron chi connectivity index (χ0n) is 10.4. The van der Waals surface area contributed by atoms with E-state index in [0.29, 0.717) is 18.3 Å². The second-order valence-electron chi connectivity index (χ2n) is 3.55. The molecule has 0 fully saturated rings. The number of methoxy groups -OCH3 is 2. The van der Waals surface area contributed by atoms with Crippen LogP contribution in [-0.2, 0) is 14.2 Å². The maximum absolute atomic E-state index is 5.31. The maximum atomic E-state index is 5.31. The highest BCUT2D eigenvalue weighted by atomic mass is 16.5. The molecule has 0 aliphatic carbocycles. The van der Waals surface area contributed by atoms with E-state index in [2.05, 4.69) is 25.7 Å². The van der Waals surface area contributed by atoms with Crippen LogP contribution in [0.25, 0.3) is 0 Å².